The van der Waals surface area contributed by atoms with Crippen molar-refractivity contribution < 1.29 is 9.18 Å². The van der Waals surface area contributed by atoms with E-state index in [1.807, 2.05) is 34.9 Å². The van der Waals surface area contributed by atoms with Crippen molar-refractivity contribution >= 4 is 11.8 Å². The first-order valence-electron chi connectivity index (χ1n) is 9.09. The molecule has 1 aromatic carbocycles. The molecule has 0 bridgehead atoms. The van der Waals surface area contributed by atoms with Crippen LogP contribution in [0.5, 0.6) is 0 Å². The van der Waals surface area contributed by atoms with Crippen LogP contribution in [0, 0.1) is 5.95 Å². The smallest absolute Gasteiger partial charge is 0.317 e. The summed E-state index contributed by atoms with van der Waals surface area (Å²) >= 11 is 0. The van der Waals surface area contributed by atoms with E-state index in [1.54, 1.807) is 12.1 Å². The van der Waals surface area contributed by atoms with Gasteiger partial charge in [-0.25, -0.2) is 9.78 Å². The van der Waals surface area contributed by atoms with Crippen LogP contribution in [0.2, 0.25) is 0 Å². The fourth-order valence-electron chi connectivity index (χ4n) is 3.28. The predicted molar refractivity (Wildman–Crippen MR) is 101 cm³/mol. The van der Waals surface area contributed by atoms with Crippen LogP contribution in [0.3, 0.4) is 0 Å². The van der Waals surface area contributed by atoms with Crippen molar-refractivity contribution in [3.8, 4) is 0 Å². The Labute approximate surface area is 153 Å². The molecule has 2 heterocycles. The van der Waals surface area contributed by atoms with Crippen LogP contribution in [-0.2, 0) is 6.42 Å². The van der Waals surface area contributed by atoms with Crippen LogP contribution in [-0.4, -0.2) is 48.1 Å². The molecule has 0 saturated carbocycles. The fourth-order valence-corrected chi connectivity index (χ4v) is 3.28. The first kappa shape index (κ1) is 18.2. The van der Waals surface area contributed by atoms with Gasteiger partial charge in [0.2, 0.25) is 5.95 Å². The number of nitrogens with one attached hydrogen (secondary N) is 1. The summed E-state index contributed by atoms with van der Waals surface area (Å²) < 4.78 is 13.3. The van der Waals surface area contributed by atoms with E-state index in [0.717, 1.165) is 12.8 Å². The molecule has 26 heavy (non-hydrogen) atoms. The number of piperazine rings is 1. The number of aromatic nitrogens is 1. The number of halogens is 1. The third-order valence-corrected chi connectivity index (χ3v) is 4.67. The lowest BCUT2D eigenvalue weighted by Crippen LogP contribution is -2.56. The van der Waals surface area contributed by atoms with Gasteiger partial charge in [0, 0.05) is 32.2 Å². The van der Waals surface area contributed by atoms with Gasteiger partial charge in [-0.15, -0.1) is 0 Å². The van der Waals surface area contributed by atoms with Crippen molar-refractivity contribution in [1.82, 2.24) is 15.2 Å². The highest BCUT2D eigenvalue weighted by Gasteiger charge is 2.27. The summed E-state index contributed by atoms with van der Waals surface area (Å²) in [5.74, 6) is 0.147. The molecule has 5 nitrogen and oxygen atoms in total. The summed E-state index contributed by atoms with van der Waals surface area (Å²) in [6.45, 7) is 4.54. The summed E-state index contributed by atoms with van der Waals surface area (Å²) in [4.78, 5) is 20.2. The number of pyridine rings is 1. The van der Waals surface area contributed by atoms with Crippen LogP contribution < -0.4 is 10.2 Å². The molecule has 6 heteroatoms. The number of hydrogen-bond acceptors (Lipinski definition) is 3. The molecule has 1 saturated heterocycles. The highest BCUT2D eigenvalue weighted by Crippen LogP contribution is 2.18. The van der Waals surface area contributed by atoms with E-state index in [1.165, 1.54) is 11.6 Å². The molecule has 138 valence electrons. The third kappa shape index (κ3) is 4.71. The minimum absolute atomic E-state index is 0.0308. The Morgan fingerprint density at radius 1 is 1.19 bits per heavy atom. The predicted octanol–water partition coefficient (Wildman–Crippen LogP) is 3.07. The molecule has 1 atom stereocenters. The highest BCUT2D eigenvalue weighted by atomic mass is 19.1. The average Bonchev–Trinajstić information content (AvgIpc) is 2.66. The van der Waals surface area contributed by atoms with Crippen molar-refractivity contribution in [2.45, 2.75) is 25.8 Å². The van der Waals surface area contributed by atoms with E-state index in [4.69, 9.17) is 0 Å². The van der Waals surface area contributed by atoms with Crippen LogP contribution in [0.25, 0.3) is 0 Å². The van der Waals surface area contributed by atoms with Crippen molar-refractivity contribution in [2.24, 2.45) is 0 Å². The van der Waals surface area contributed by atoms with E-state index in [9.17, 15) is 9.18 Å². The molecule has 1 unspecified atom stereocenters. The molecule has 0 radical (unpaired) electrons. The van der Waals surface area contributed by atoms with Crippen LogP contribution in [0.1, 0.15) is 18.9 Å². The van der Waals surface area contributed by atoms with Gasteiger partial charge in [0.05, 0.1) is 0 Å². The maximum Gasteiger partial charge on any atom is 0.317 e. The summed E-state index contributed by atoms with van der Waals surface area (Å²) in [5, 5.41) is 3.00. The second-order valence-electron chi connectivity index (χ2n) is 6.63. The number of anilines is 1. The number of aryl methyl sites for hydroxylation is 1. The Balaban J connectivity index is 1.44. The van der Waals surface area contributed by atoms with Crippen molar-refractivity contribution in [3.63, 3.8) is 0 Å². The number of nitrogens with zero attached hydrogens (tertiary/aromatic N) is 3. The lowest BCUT2D eigenvalue weighted by Gasteiger charge is -2.40. The van der Waals surface area contributed by atoms with Gasteiger partial charge in [-0.05, 0) is 37.5 Å². The van der Waals surface area contributed by atoms with Gasteiger partial charge in [0.1, 0.15) is 5.82 Å². The fraction of sp³-hybridized carbons (Fsp3) is 0.400. The lowest BCUT2D eigenvalue weighted by atomic mass is 10.1. The van der Waals surface area contributed by atoms with Gasteiger partial charge in [-0.2, -0.15) is 4.39 Å². The zero-order chi connectivity index (χ0) is 18.4. The topological polar surface area (TPSA) is 48.5 Å². The zero-order valence-corrected chi connectivity index (χ0v) is 15.1. The molecule has 1 fully saturated rings. The first-order chi connectivity index (χ1) is 12.6. The maximum absolute atomic E-state index is 13.3. The average molecular weight is 356 g/mol. The molecule has 2 amide bonds. The SMILES string of the molecule is CC1CN(C(=O)NCCCc2ccccc2)CCN1c1cccc(F)n1. The van der Waals surface area contributed by atoms with Crippen LogP contribution >= 0.6 is 0 Å². The largest absolute Gasteiger partial charge is 0.350 e. The number of carbonyl (C=O) groups excluding carboxylic acids is 1. The van der Waals surface area contributed by atoms with E-state index >= 15 is 0 Å². The summed E-state index contributed by atoms with van der Waals surface area (Å²) in [5.41, 5.74) is 1.28. The number of amides is 2. The Kier molecular flexibility index (Phi) is 6.04. The van der Waals surface area contributed by atoms with Gasteiger partial charge < -0.3 is 15.1 Å². The molecule has 2 aromatic rings. The van der Waals surface area contributed by atoms with Gasteiger partial charge in [-0.3, -0.25) is 0 Å². The van der Waals surface area contributed by atoms with Gasteiger partial charge >= 0.3 is 6.03 Å². The first-order valence-corrected chi connectivity index (χ1v) is 9.09. The molecule has 1 aliphatic rings. The van der Waals surface area contributed by atoms with Gasteiger partial charge in [0.25, 0.3) is 0 Å². The Morgan fingerprint density at radius 2 is 2.00 bits per heavy atom. The van der Waals surface area contributed by atoms with Crippen LogP contribution in [0.15, 0.2) is 48.5 Å². The molecule has 1 N–H and O–H groups in total. The van der Waals surface area contributed by atoms with E-state index in [-0.39, 0.29) is 12.1 Å². The highest BCUT2D eigenvalue weighted by molar-refractivity contribution is 5.74. The van der Waals surface area contributed by atoms with Crippen molar-refractivity contribution in [3.05, 3.63) is 60.0 Å². The summed E-state index contributed by atoms with van der Waals surface area (Å²) in [7, 11) is 0. The van der Waals surface area contributed by atoms with Gasteiger partial charge in [-0.1, -0.05) is 36.4 Å². The molecule has 0 spiro atoms. The minimum atomic E-state index is -0.478. The number of hydrogen-bond donors (Lipinski definition) is 1. The lowest BCUT2D eigenvalue weighted by molar-refractivity contribution is 0.186. The molecule has 3 rings (SSSR count). The second kappa shape index (κ2) is 8.65. The monoisotopic (exact) mass is 356 g/mol. The third-order valence-electron chi connectivity index (χ3n) is 4.67. The van der Waals surface area contributed by atoms with E-state index in [2.05, 4.69) is 22.4 Å². The quantitative estimate of drug-likeness (QED) is 0.662. The van der Waals surface area contributed by atoms with E-state index in [0.29, 0.717) is 32.0 Å². The molecular formula is C20H25FN4O. The summed E-state index contributed by atoms with van der Waals surface area (Å²) in [6, 6.07) is 15.1. The standard InChI is InChI=1S/C20H25FN4O/c1-16-15-24(13-14-25(16)19-11-5-10-18(21)23-19)20(26)22-12-6-9-17-7-3-2-4-8-17/h2-5,7-8,10-11,16H,6,9,12-15H2,1H3,(H,22,26). The Hall–Kier alpha value is -2.63. The van der Waals surface area contributed by atoms with Crippen molar-refractivity contribution in [1.29, 1.82) is 0 Å². The zero-order valence-electron chi connectivity index (χ0n) is 15.1. The number of benzene rings is 1. The number of carbonyl (C=O) groups is 1. The minimum Gasteiger partial charge on any atom is -0.350 e. The Bertz CT molecular complexity index is 725. The molecule has 1 aliphatic heterocycles. The molecular weight excluding hydrogens is 331 g/mol. The second-order valence-corrected chi connectivity index (χ2v) is 6.63. The van der Waals surface area contributed by atoms with Gasteiger partial charge in [0.15, 0.2) is 0 Å². The number of urea groups is 1. The van der Waals surface area contributed by atoms with Crippen LogP contribution in [0.4, 0.5) is 15.0 Å². The Morgan fingerprint density at radius 3 is 2.73 bits per heavy atom. The molecule has 0 aliphatic carbocycles. The van der Waals surface area contributed by atoms with Crippen molar-refractivity contribution in [2.75, 3.05) is 31.1 Å². The summed E-state index contributed by atoms with van der Waals surface area (Å²) in [6.07, 6.45) is 1.87. The van der Waals surface area contributed by atoms with E-state index < -0.39 is 5.95 Å². The number of rotatable bonds is 5. The normalized spacial score (nSPS) is 17.2. The maximum atomic E-state index is 13.3. The molecule has 1 aromatic heterocycles.